The molecule has 0 spiro atoms. The van der Waals surface area contributed by atoms with Crippen molar-refractivity contribution in [1.29, 1.82) is 5.41 Å². The third-order valence-corrected chi connectivity index (χ3v) is 5.29. The zero-order chi connectivity index (χ0) is 13.6. The van der Waals surface area contributed by atoms with E-state index in [1.54, 1.807) is 30.3 Å². The predicted molar refractivity (Wildman–Crippen MR) is 69.6 cm³/mol. The van der Waals surface area contributed by atoms with Crippen LogP contribution in [0.4, 0.5) is 4.39 Å². The minimum atomic E-state index is -3.74. The molecule has 96 valence electrons. The van der Waals surface area contributed by atoms with Gasteiger partial charge in [-0.3, -0.25) is 0 Å². The van der Waals surface area contributed by atoms with Crippen molar-refractivity contribution in [2.24, 2.45) is 0 Å². The standard InChI is InChI=1S/C14H10FNO2S/c15-10-6-7-11-12(8-10)19(17,18)14(13(11)16)9-4-2-1-3-5-9/h1-8,14,16H/t14-/m1/s1. The first-order valence-electron chi connectivity index (χ1n) is 5.69. The van der Waals surface area contributed by atoms with Gasteiger partial charge in [0.1, 0.15) is 11.1 Å². The minimum absolute atomic E-state index is 0.00111. The Morgan fingerprint density at radius 3 is 2.42 bits per heavy atom. The van der Waals surface area contributed by atoms with Gasteiger partial charge in [0.2, 0.25) is 0 Å². The molecule has 0 fully saturated rings. The van der Waals surface area contributed by atoms with Gasteiger partial charge in [0.25, 0.3) is 0 Å². The summed E-state index contributed by atoms with van der Waals surface area (Å²) < 4.78 is 38.1. The molecule has 0 amide bonds. The molecule has 0 unspecified atom stereocenters. The highest BCUT2D eigenvalue weighted by Gasteiger charge is 2.42. The Hall–Kier alpha value is -2.01. The highest BCUT2D eigenvalue weighted by molar-refractivity contribution is 7.93. The average Bonchev–Trinajstić information content (AvgIpc) is 2.58. The van der Waals surface area contributed by atoms with Gasteiger partial charge in [-0.05, 0) is 23.8 Å². The molecule has 0 aliphatic carbocycles. The molecule has 0 bridgehead atoms. The fourth-order valence-corrected chi connectivity index (χ4v) is 4.32. The maximum absolute atomic E-state index is 13.2. The van der Waals surface area contributed by atoms with E-state index in [1.807, 2.05) is 0 Å². The maximum Gasteiger partial charge on any atom is 0.191 e. The molecule has 0 radical (unpaired) electrons. The number of sulfone groups is 1. The van der Waals surface area contributed by atoms with E-state index in [0.29, 0.717) is 5.56 Å². The van der Waals surface area contributed by atoms with Crippen LogP contribution in [-0.4, -0.2) is 14.1 Å². The summed E-state index contributed by atoms with van der Waals surface area (Å²) in [4.78, 5) is -0.0913. The lowest BCUT2D eigenvalue weighted by atomic mass is 10.0. The molecular formula is C14H10FNO2S. The topological polar surface area (TPSA) is 58.0 Å². The van der Waals surface area contributed by atoms with Gasteiger partial charge in [0.05, 0.1) is 10.6 Å². The lowest BCUT2D eigenvalue weighted by molar-refractivity contribution is 0.590. The van der Waals surface area contributed by atoms with Crippen molar-refractivity contribution in [1.82, 2.24) is 0 Å². The molecule has 2 aromatic carbocycles. The summed E-state index contributed by atoms with van der Waals surface area (Å²) in [5, 5.41) is 7.01. The van der Waals surface area contributed by atoms with Gasteiger partial charge in [-0.15, -0.1) is 0 Å². The highest BCUT2D eigenvalue weighted by atomic mass is 32.2. The predicted octanol–water partition coefficient (Wildman–Crippen LogP) is 2.72. The number of benzene rings is 2. The van der Waals surface area contributed by atoms with Crippen molar-refractivity contribution in [2.75, 3.05) is 0 Å². The van der Waals surface area contributed by atoms with Gasteiger partial charge in [0, 0.05) is 5.56 Å². The lowest BCUT2D eigenvalue weighted by Gasteiger charge is -2.09. The fraction of sp³-hybridized carbons (Fsp3) is 0.0714. The molecule has 1 N–H and O–H groups in total. The quantitative estimate of drug-likeness (QED) is 0.870. The first-order chi connectivity index (χ1) is 9.01. The molecule has 19 heavy (non-hydrogen) atoms. The summed E-state index contributed by atoms with van der Waals surface area (Å²) in [5.74, 6) is -0.608. The van der Waals surface area contributed by atoms with Gasteiger partial charge < -0.3 is 5.41 Å². The Kier molecular flexibility index (Phi) is 2.53. The van der Waals surface area contributed by atoms with E-state index in [0.717, 1.165) is 6.07 Å². The second kappa shape index (κ2) is 3.99. The SMILES string of the molecule is N=C1c2ccc(F)cc2S(=O)(=O)[C@@H]1c1ccccc1. The summed E-state index contributed by atoms with van der Waals surface area (Å²) in [6.07, 6.45) is 0. The van der Waals surface area contributed by atoms with Crippen molar-refractivity contribution in [3.8, 4) is 0 Å². The molecule has 5 heteroatoms. The number of nitrogens with one attached hydrogen (secondary N) is 1. The molecule has 1 aliphatic rings. The Morgan fingerprint density at radius 1 is 1.05 bits per heavy atom. The van der Waals surface area contributed by atoms with Crippen molar-refractivity contribution >= 4 is 15.5 Å². The molecule has 0 saturated carbocycles. The van der Waals surface area contributed by atoms with E-state index >= 15 is 0 Å². The lowest BCUT2D eigenvalue weighted by Crippen LogP contribution is -2.13. The molecule has 1 aliphatic heterocycles. The fourth-order valence-electron chi connectivity index (χ4n) is 2.35. The largest absolute Gasteiger partial charge is 0.303 e. The van der Waals surface area contributed by atoms with Crippen molar-refractivity contribution < 1.29 is 12.8 Å². The second-order valence-electron chi connectivity index (χ2n) is 4.39. The second-order valence-corrected chi connectivity index (χ2v) is 6.39. The van der Waals surface area contributed by atoms with Crippen molar-refractivity contribution in [3.05, 3.63) is 65.5 Å². The van der Waals surface area contributed by atoms with Crippen molar-refractivity contribution in [2.45, 2.75) is 10.1 Å². The number of hydrogen-bond donors (Lipinski definition) is 1. The molecular weight excluding hydrogens is 265 g/mol. The maximum atomic E-state index is 13.2. The van der Waals surface area contributed by atoms with Gasteiger partial charge in [-0.2, -0.15) is 0 Å². The van der Waals surface area contributed by atoms with Crippen LogP contribution in [0.25, 0.3) is 0 Å². The average molecular weight is 275 g/mol. The third-order valence-electron chi connectivity index (χ3n) is 3.22. The van der Waals surface area contributed by atoms with Crippen LogP contribution in [0, 0.1) is 11.2 Å². The summed E-state index contributed by atoms with van der Waals surface area (Å²) in [5.41, 5.74) is 0.820. The molecule has 3 nitrogen and oxygen atoms in total. The Labute approximate surface area is 110 Å². The summed E-state index contributed by atoms with van der Waals surface area (Å²) in [6.45, 7) is 0. The van der Waals surface area contributed by atoms with Crippen LogP contribution in [0.15, 0.2) is 53.4 Å². The molecule has 1 heterocycles. The third kappa shape index (κ3) is 1.69. The van der Waals surface area contributed by atoms with Crippen LogP contribution in [0.1, 0.15) is 16.4 Å². The zero-order valence-corrected chi connectivity index (χ0v) is 10.6. The minimum Gasteiger partial charge on any atom is -0.303 e. The van der Waals surface area contributed by atoms with Crippen LogP contribution in [0.2, 0.25) is 0 Å². The van der Waals surface area contributed by atoms with Gasteiger partial charge in [-0.25, -0.2) is 12.8 Å². The zero-order valence-electron chi connectivity index (χ0n) is 9.80. The van der Waals surface area contributed by atoms with Crippen LogP contribution in [0.3, 0.4) is 0 Å². The Bertz CT molecular complexity index is 769. The molecule has 1 atom stereocenters. The van der Waals surface area contributed by atoms with Crippen molar-refractivity contribution in [3.63, 3.8) is 0 Å². The molecule has 2 aromatic rings. The van der Waals surface area contributed by atoms with E-state index in [4.69, 9.17) is 5.41 Å². The number of rotatable bonds is 1. The van der Waals surface area contributed by atoms with E-state index in [2.05, 4.69) is 0 Å². The number of hydrogen-bond acceptors (Lipinski definition) is 3. The van der Waals surface area contributed by atoms with E-state index in [-0.39, 0.29) is 16.2 Å². The number of fused-ring (bicyclic) bond motifs is 1. The van der Waals surface area contributed by atoms with Crippen LogP contribution >= 0.6 is 0 Å². The van der Waals surface area contributed by atoms with Crippen LogP contribution < -0.4 is 0 Å². The van der Waals surface area contributed by atoms with Gasteiger partial charge >= 0.3 is 0 Å². The molecule has 0 aromatic heterocycles. The van der Waals surface area contributed by atoms with E-state index < -0.39 is 20.9 Å². The number of halogens is 1. The first kappa shape index (κ1) is 12.0. The van der Waals surface area contributed by atoms with Crippen LogP contribution in [-0.2, 0) is 9.84 Å². The van der Waals surface area contributed by atoms with Crippen LogP contribution in [0.5, 0.6) is 0 Å². The van der Waals surface area contributed by atoms with E-state index in [9.17, 15) is 12.8 Å². The van der Waals surface area contributed by atoms with Gasteiger partial charge in [0.15, 0.2) is 9.84 Å². The Balaban J connectivity index is 2.25. The monoisotopic (exact) mass is 275 g/mol. The molecule has 0 saturated heterocycles. The molecule has 3 rings (SSSR count). The smallest absolute Gasteiger partial charge is 0.191 e. The highest BCUT2D eigenvalue weighted by Crippen LogP contribution is 2.40. The van der Waals surface area contributed by atoms with Gasteiger partial charge in [-0.1, -0.05) is 30.3 Å². The summed E-state index contributed by atoms with van der Waals surface area (Å²) in [6, 6.07) is 12.1. The summed E-state index contributed by atoms with van der Waals surface area (Å²) in [7, 11) is -3.74. The Morgan fingerprint density at radius 2 is 1.74 bits per heavy atom. The first-order valence-corrected chi connectivity index (χ1v) is 7.23. The van der Waals surface area contributed by atoms with E-state index in [1.165, 1.54) is 12.1 Å². The summed E-state index contributed by atoms with van der Waals surface area (Å²) >= 11 is 0. The normalized spacial score (nSPS) is 20.3.